The molecule has 0 saturated heterocycles. The summed E-state index contributed by atoms with van der Waals surface area (Å²) in [6, 6.07) is 6.00. The number of ether oxygens (including phenoxy) is 1. The second kappa shape index (κ2) is 10.5. The van der Waals surface area contributed by atoms with Gasteiger partial charge in [0.15, 0.2) is 0 Å². The molecule has 0 spiro atoms. The molecular weight excluding hydrogens is 447 g/mol. The van der Waals surface area contributed by atoms with E-state index in [2.05, 4.69) is 17.7 Å². The SMILES string of the molecule is CCCC1CCC(CCC2=CCc3c(cc(F)c(-c4ccc(OC(F)(F)F)cc4)c3F)C2)CC1. The van der Waals surface area contributed by atoms with Gasteiger partial charge in [-0.1, -0.05) is 69.2 Å². The summed E-state index contributed by atoms with van der Waals surface area (Å²) in [5.74, 6) is -0.132. The number of hydrogen-bond acceptors (Lipinski definition) is 1. The van der Waals surface area contributed by atoms with E-state index in [9.17, 15) is 17.6 Å². The zero-order valence-electron chi connectivity index (χ0n) is 19.5. The molecule has 2 aromatic rings. The largest absolute Gasteiger partial charge is 0.573 e. The highest BCUT2D eigenvalue weighted by Gasteiger charge is 2.31. The van der Waals surface area contributed by atoms with Crippen LogP contribution in [-0.4, -0.2) is 6.36 Å². The predicted molar refractivity (Wildman–Crippen MR) is 124 cm³/mol. The lowest BCUT2D eigenvalue weighted by atomic mass is 9.77. The highest BCUT2D eigenvalue weighted by atomic mass is 19.4. The van der Waals surface area contributed by atoms with Gasteiger partial charge in [0.2, 0.25) is 0 Å². The van der Waals surface area contributed by atoms with E-state index in [-0.39, 0.29) is 11.1 Å². The lowest BCUT2D eigenvalue weighted by Gasteiger charge is -2.29. The Labute approximate surface area is 198 Å². The molecule has 0 radical (unpaired) electrons. The number of halogens is 5. The average Bonchev–Trinajstić information content (AvgIpc) is 2.79. The van der Waals surface area contributed by atoms with Crippen LogP contribution >= 0.6 is 0 Å². The van der Waals surface area contributed by atoms with Gasteiger partial charge in [-0.25, -0.2) is 8.78 Å². The van der Waals surface area contributed by atoms with E-state index in [1.54, 1.807) is 0 Å². The number of allylic oxidation sites excluding steroid dienone is 2. The average molecular weight is 479 g/mol. The van der Waals surface area contributed by atoms with Crippen molar-refractivity contribution in [3.63, 3.8) is 0 Å². The summed E-state index contributed by atoms with van der Waals surface area (Å²) in [6.07, 6.45) is 8.11. The summed E-state index contributed by atoms with van der Waals surface area (Å²) in [5.41, 5.74) is 2.35. The Morgan fingerprint density at radius 3 is 2.21 bits per heavy atom. The van der Waals surface area contributed by atoms with Crippen LogP contribution < -0.4 is 4.74 Å². The van der Waals surface area contributed by atoms with Crippen molar-refractivity contribution in [2.24, 2.45) is 11.8 Å². The summed E-state index contributed by atoms with van der Waals surface area (Å²) < 4.78 is 71.2. The van der Waals surface area contributed by atoms with Crippen LogP contribution in [0, 0.1) is 23.5 Å². The summed E-state index contributed by atoms with van der Waals surface area (Å²) in [5, 5.41) is 0. The van der Waals surface area contributed by atoms with Crippen molar-refractivity contribution in [3.05, 3.63) is 64.7 Å². The standard InChI is InChI=1S/C28H31F5O/c1-2-3-18-4-6-19(7-5-18)8-9-20-10-15-24-22(16-20)17-25(29)26(27(24)30)21-11-13-23(14-12-21)34-28(31,32)33/h10-14,17-19H,2-9,15-16H2,1H3. The molecule has 4 rings (SSSR count). The van der Waals surface area contributed by atoms with Crippen LogP contribution in [0.15, 0.2) is 42.0 Å². The zero-order valence-corrected chi connectivity index (χ0v) is 19.5. The lowest BCUT2D eigenvalue weighted by Crippen LogP contribution is -2.17. The third kappa shape index (κ3) is 6.00. The molecule has 0 heterocycles. The molecule has 0 atom stereocenters. The van der Waals surface area contributed by atoms with Gasteiger partial charge in [-0.2, -0.15) is 0 Å². The Bertz CT molecular complexity index is 1010. The normalized spacial score (nSPS) is 20.6. The summed E-state index contributed by atoms with van der Waals surface area (Å²) >= 11 is 0. The quantitative estimate of drug-likeness (QED) is 0.285. The minimum Gasteiger partial charge on any atom is -0.406 e. The number of alkyl halides is 3. The Kier molecular flexibility index (Phi) is 7.63. The van der Waals surface area contributed by atoms with Gasteiger partial charge in [-0.05, 0) is 72.4 Å². The van der Waals surface area contributed by atoms with Gasteiger partial charge in [0, 0.05) is 0 Å². The molecule has 1 fully saturated rings. The molecule has 2 aliphatic rings. The monoisotopic (exact) mass is 478 g/mol. The maximum absolute atomic E-state index is 15.3. The van der Waals surface area contributed by atoms with Crippen LogP contribution in [0.4, 0.5) is 22.0 Å². The Balaban J connectivity index is 1.41. The number of rotatable bonds is 7. The first-order valence-corrected chi connectivity index (χ1v) is 12.3. The minimum absolute atomic E-state index is 0.181. The maximum atomic E-state index is 15.3. The highest BCUT2D eigenvalue weighted by molar-refractivity contribution is 5.68. The van der Waals surface area contributed by atoms with Crippen molar-refractivity contribution >= 4 is 0 Å². The zero-order chi connectivity index (χ0) is 24.3. The van der Waals surface area contributed by atoms with Gasteiger partial charge in [0.1, 0.15) is 17.4 Å². The summed E-state index contributed by atoms with van der Waals surface area (Å²) in [4.78, 5) is 0. The van der Waals surface area contributed by atoms with Gasteiger partial charge in [-0.15, -0.1) is 13.2 Å². The second-order valence-corrected chi connectivity index (χ2v) is 9.71. The Hall–Kier alpha value is -2.37. The fourth-order valence-corrected chi connectivity index (χ4v) is 5.54. The number of fused-ring (bicyclic) bond motifs is 1. The van der Waals surface area contributed by atoms with Gasteiger partial charge < -0.3 is 4.74 Å². The van der Waals surface area contributed by atoms with E-state index in [0.717, 1.165) is 36.8 Å². The maximum Gasteiger partial charge on any atom is 0.573 e. The fourth-order valence-electron chi connectivity index (χ4n) is 5.54. The fraction of sp³-hybridized carbons (Fsp3) is 0.500. The topological polar surface area (TPSA) is 9.23 Å². The van der Waals surface area contributed by atoms with Crippen LogP contribution in [0.25, 0.3) is 11.1 Å². The van der Waals surface area contributed by atoms with Gasteiger partial charge in [-0.3, -0.25) is 0 Å². The minimum atomic E-state index is -4.82. The van der Waals surface area contributed by atoms with Gasteiger partial charge >= 0.3 is 6.36 Å². The number of hydrogen-bond donors (Lipinski definition) is 0. The van der Waals surface area contributed by atoms with E-state index < -0.39 is 23.7 Å². The van der Waals surface area contributed by atoms with E-state index in [1.165, 1.54) is 62.3 Å². The van der Waals surface area contributed by atoms with Crippen LogP contribution in [0.3, 0.4) is 0 Å². The molecule has 0 bridgehead atoms. The van der Waals surface area contributed by atoms with Crippen LogP contribution in [-0.2, 0) is 12.8 Å². The van der Waals surface area contributed by atoms with Crippen LogP contribution in [0.2, 0.25) is 0 Å². The van der Waals surface area contributed by atoms with Gasteiger partial charge in [0.05, 0.1) is 5.56 Å². The molecule has 1 saturated carbocycles. The molecular formula is C28H31F5O. The highest BCUT2D eigenvalue weighted by Crippen LogP contribution is 2.38. The van der Waals surface area contributed by atoms with Crippen molar-refractivity contribution in [1.29, 1.82) is 0 Å². The molecule has 2 aromatic carbocycles. The molecule has 1 nitrogen and oxygen atoms in total. The van der Waals surface area contributed by atoms with Crippen molar-refractivity contribution in [3.8, 4) is 16.9 Å². The van der Waals surface area contributed by atoms with E-state index in [0.29, 0.717) is 24.0 Å². The smallest absolute Gasteiger partial charge is 0.406 e. The Morgan fingerprint density at radius 2 is 1.59 bits per heavy atom. The third-order valence-corrected chi connectivity index (χ3v) is 7.34. The van der Waals surface area contributed by atoms with Crippen molar-refractivity contribution in [1.82, 2.24) is 0 Å². The molecule has 184 valence electrons. The first-order chi connectivity index (χ1) is 16.2. The lowest BCUT2D eigenvalue weighted by molar-refractivity contribution is -0.274. The van der Waals surface area contributed by atoms with E-state index in [1.807, 2.05) is 0 Å². The Morgan fingerprint density at radius 1 is 0.941 bits per heavy atom. The summed E-state index contributed by atoms with van der Waals surface area (Å²) in [6.45, 7) is 2.25. The molecule has 0 aliphatic heterocycles. The molecule has 0 amide bonds. The van der Waals surface area contributed by atoms with Crippen molar-refractivity contribution in [2.75, 3.05) is 0 Å². The van der Waals surface area contributed by atoms with Crippen LogP contribution in [0.5, 0.6) is 5.75 Å². The van der Waals surface area contributed by atoms with Gasteiger partial charge in [0.25, 0.3) is 0 Å². The van der Waals surface area contributed by atoms with Crippen molar-refractivity contribution in [2.45, 2.75) is 77.5 Å². The molecule has 0 N–H and O–H groups in total. The molecule has 0 unspecified atom stereocenters. The first kappa shape index (κ1) is 24.7. The molecule has 6 heteroatoms. The molecule has 34 heavy (non-hydrogen) atoms. The van der Waals surface area contributed by atoms with E-state index >= 15 is 4.39 Å². The molecule has 0 aromatic heterocycles. The van der Waals surface area contributed by atoms with E-state index in [4.69, 9.17) is 0 Å². The van der Waals surface area contributed by atoms with Crippen LogP contribution in [0.1, 0.15) is 69.4 Å². The second-order valence-electron chi connectivity index (χ2n) is 9.71. The number of benzene rings is 2. The predicted octanol–water partition coefficient (Wildman–Crippen LogP) is 8.94. The first-order valence-electron chi connectivity index (χ1n) is 12.3. The van der Waals surface area contributed by atoms with Crippen molar-refractivity contribution < 1.29 is 26.7 Å². The molecule has 2 aliphatic carbocycles. The summed E-state index contributed by atoms with van der Waals surface area (Å²) in [7, 11) is 0. The third-order valence-electron chi connectivity index (χ3n) is 7.34.